The Morgan fingerprint density at radius 3 is 2.46 bits per heavy atom. The van der Waals surface area contributed by atoms with E-state index in [9.17, 15) is 8.42 Å². The Hall–Kier alpha value is -2.11. The monoisotopic (exact) mass is 370 g/mol. The lowest BCUT2D eigenvalue weighted by Crippen LogP contribution is -2.04. The van der Waals surface area contributed by atoms with Crippen LogP contribution in [0, 0.1) is 5.92 Å². The molecule has 0 radical (unpaired) electrons. The molecule has 5 heteroatoms. The molecule has 0 aliphatic heterocycles. The predicted octanol–water partition coefficient (Wildman–Crippen LogP) is 3.87. The first-order valence-electron chi connectivity index (χ1n) is 8.92. The number of nitrogens with zero attached hydrogens (tertiary/aromatic N) is 1. The van der Waals surface area contributed by atoms with Crippen LogP contribution in [0.15, 0.2) is 53.6 Å². The molecule has 0 spiro atoms. The number of nitrogens with two attached hydrogens (primary N) is 1. The van der Waals surface area contributed by atoms with Crippen LogP contribution in [-0.2, 0) is 22.8 Å². The van der Waals surface area contributed by atoms with Gasteiger partial charge in [-0.1, -0.05) is 38.1 Å². The summed E-state index contributed by atoms with van der Waals surface area (Å²) in [7, 11) is -3.22. The van der Waals surface area contributed by atoms with Gasteiger partial charge in [0.05, 0.1) is 4.90 Å². The van der Waals surface area contributed by atoms with Crippen LogP contribution in [0.2, 0.25) is 0 Å². The third-order valence-corrected chi connectivity index (χ3v) is 5.65. The van der Waals surface area contributed by atoms with Crippen molar-refractivity contribution < 1.29 is 8.42 Å². The van der Waals surface area contributed by atoms with Gasteiger partial charge in [-0.3, -0.25) is 0 Å². The maximum atomic E-state index is 11.9. The molecule has 26 heavy (non-hydrogen) atoms. The van der Waals surface area contributed by atoms with Crippen molar-refractivity contribution in [1.82, 2.24) is 4.57 Å². The maximum absolute atomic E-state index is 11.9. The van der Waals surface area contributed by atoms with Gasteiger partial charge in [0.2, 0.25) is 0 Å². The molecule has 2 aromatic carbocycles. The molecule has 4 nitrogen and oxygen atoms in total. The highest BCUT2D eigenvalue weighted by Crippen LogP contribution is 2.29. The summed E-state index contributed by atoms with van der Waals surface area (Å²) in [5.41, 5.74) is 10.1. The SMILES string of the molecule is CC(C)Cn1cc(CCN)c2ccc(-c3cccc(S(C)(=O)=O)c3)cc21. The molecule has 0 bridgehead atoms. The molecule has 138 valence electrons. The zero-order valence-corrected chi connectivity index (χ0v) is 16.4. The molecule has 0 saturated heterocycles. The fraction of sp³-hybridized carbons (Fsp3) is 0.333. The van der Waals surface area contributed by atoms with E-state index in [-0.39, 0.29) is 0 Å². The fourth-order valence-corrected chi connectivity index (χ4v) is 4.02. The summed E-state index contributed by atoms with van der Waals surface area (Å²) in [6.45, 7) is 5.97. The normalized spacial score (nSPS) is 12.2. The minimum absolute atomic E-state index is 0.344. The van der Waals surface area contributed by atoms with E-state index in [0.717, 1.165) is 24.1 Å². The summed E-state index contributed by atoms with van der Waals surface area (Å²) in [5, 5.41) is 1.22. The Labute approximate surface area is 155 Å². The van der Waals surface area contributed by atoms with Crippen molar-refractivity contribution in [2.24, 2.45) is 11.7 Å². The summed E-state index contributed by atoms with van der Waals surface area (Å²) < 4.78 is 26.0. The average molecular weight is 371 g/mol. The molecular formula is C21H26N2O2S. The van der Waals surface area contributed by atoms with E-state index in [1.54, 1.807) is 18.2 Å². The summed E-state index contributed by atoms with van der Waals surface area (Å²) in [4.78, 5) is 0.344. The van der Waals surface area contributed by atoms with Crippen molar-refractivity contribution in [3.63, 3.8) is 0 Å². The summed E-state index contributed by atoms with van der Waals surface area (Å²) >= 11 is 0. The smallest absolute Gasteiger partial charge is 0.175 e. The van der Waals surface area contributed by atoms with Gasteiger partial charge in [0.15, 0.2) is 9.84 Å². The molecule has 3 aromatic rings. The fourth-order valence-electron chi connectivity index (χ4n) is 3.35. The van der Waals surface area contributed by atoms with E-state index < -0.39 is 9.84 Å². The van der Waals surface area contributed by atoms with Crippen LogP contribution >= 0.6 is 0 Å². The van der Waals surface area contributed by atoms with Gasteiger partial charge >= 0.3 is 0 Å². The van der Waals surface area contributed by atoms with Gasteiger partial charge in [-0.05, 0) is 53.8 Å². The molecule has 1 aromatic heterocycles. The van der Waals surface area contributed by atoms with Crippen molar-refractivity contribution >= 4 is 20.7 Å². The topological polar surface area (TPSA) is 65.1 Å². The summed E-state index contributed by atoms with van der Waals surface area (Å²) in [6, 6.07) is 13.5. The lowest BCUT2D eigenvalue weighted by Gasteiger charge is -2.10. The Morgan fingerprint density at radius 1 is 1.08 bits per heavy atom. The zero-order valence-electron chi connectivity index (χ0n) is 15.6. The minimum Gasteiger partial charge on any atom is -0.347 e. The van der Waals surface area contributed by atoms with Crippen LogP contribution in [0.5, 0.6) is 0 Å². The van der Waals surface area contributed by atoms with Crippen molar-refractivity contribution in [1.29, 1.82) is 0 Å². The van der Waals surface area contributed by atoms with Crippen molar-refractivity contribution in [3.05, 3.63) is 54.2 Å². The van der Waals surface area contributed by atoms with E-state index in [1.807, 2.05) is 6.07 Å². The number of sulfone groups is 1. The van der Waals surface area contributed by atoms with Crippen LogP contribution in [-0.4, -0.2) is 25.8 Å². The molecule has 1 heterocycles. The Bertz CT molecular complexity index is 1030. The van der Waals surface area contributed by atoms with Crippen molar-refractivity contribution in [2.75, 3.05) is 12.8 Å². The molecule has 0 saturated carbocycles. The molecule has 0 unspecified atom stereocenters. The average Bonchev–Trinajstić information content (AvgIpc) is 2.91. The van der Waals surface area contributed by atoms with Gasteiger partial charge in [-0.2, -0.15) is 0 Å². The molecule has 0 aliphatic carbocycles. The van der Waals surface area contributed by atoms with Gasteiger partial charge in [0.1, 0.15) is 0 Å². The quantitative estimate of drug-likeness (QED) is 0.716. The van der Waals surface area contributed by atoms with E-state index >= 15 is 0 Å². The van der Waals surface area contributed by atoms with E-state index in [4.69, 9.17) is 5.73 Å². The lowest BCUT2D eigenvalue weighted by atomic mass is 10.0. The minimum atomic E-state index is -3.22. The molecule has 3 rings (SSSR count). The van der Waals surface area contributed by atoms with E-state index in [1.165, 1.54) is 22.7 Å². The van der Waals surface area contributed by atoms with Crippen LogP contribution < -0.4 is 5.73 Å². The second-order valence-corrected chi connectivity index (χ2v) is 9.29. The summed E-state index contributed by atoms with van der Waals surface area (Å²) in [5.74, 6) is 0.536. The molecule has 0 aliphatic rings. The highest BCUT2D eigenvalue weighted by molar-refractivity contribution is 7.90. The first kappa shape index (κ1) is 18.7. The van der Waals surface area contributed by atoms with Crippen molar-refractivity contribution in [3.8, 4) is 11.1 Å². The molecule has 2 N–H and O–H groups in total. The van der Waals surface area contributed by atoms with E-state index in [0.29, 0.717) is 17.4 Å². The van der Waals surface area contributed by atoms with Crippen LogP contribution in [0.25, 0.3) is 22.0 Å². The van der Waals surface area contributed by atoms with Gasteiger partial charge in [0, 0.05) is 29.9 Å². The number of benzene rings is 2. The summed E-state index contributed by atoms with van der Waals surface area (Å²) in [6.07, 6.45) is 4.29. The van der Waals surface area contributed by atoms with Crippen LogP contribution in [0.1, 0.15) is 19.4 Å². The molecule has 0 amide bonds. The highest BCUT2D eigenvalue weighted by Gasteiger charge is 2.12. The number of hydrogen-bond acceptors (Lipinski definition) is 3. The lowest BCUT2D eigenvalue weighted by molar-refractivity contribution is 0.534. The zero-order chi connectivity index (χ0) is 18.9. The second kappa shape index (κ2) is 7.25. The van der Waals surface area contributed by atoms with Gasteiger partial charge < -0.3 is 10.3 Å². The van der Waals surface area contributed by atoms with Crippen molar-refractivity contribution in [2.45, 2.75) is 31.7 Å². The third kappa shape index (κ3) is 3.84. The Morgan fingerprint density at radius 2 is 1.81 bits per heavy atom. The number of fused-ring (bicyclic) bond motifs is 1. The van der Waals surface area contributed by atoms with Gasteiger partial charge in [-0.25, -0.2) is 8.42 Å². The Kier molecular flexibility index (Phi) is 5.21. The first-order chi connectivity index (χ1) is 12.3. The van der Waals surface area contributed by atoms with Gasteiger partial charge in [0.25, 0.3) is 0 Å². The highest BCUT2D eigenvalue weighted by atomic mass is 32.2. The first-order valence-corrected chi connectivity index (χ1v) is 10.8. The Balaban J connectivity index is 2.14. The third-order valence-electron chi connectivity index (χ3n) is 4.54. The number of hydrogen-bond donors (Lipinski definition) is 1. The second-order valence-electron chi connectivity index (χ2n) is 7.27. The van der Waals surface area contributed by atoms with Gasteiger partial charge in [-0.15, -0.1) is 0 Å². The number of rotatable bonds is 6. The molecular weight excluding hydrogens is 344 g/mol. The van der Waals surface area contributed by atoms with Crippen LogP contribution in [0.4, 0.5) is 0 Å². The maximum Gasteiger partial charge on any atom is 0.175 e. The van der Waals surface area contributed by atoms with Crippen LogP contribution in [0.3, 0.4) is 0 Å². The largest absolute Gasteiger partial charge is 0.347 e. The molecule has 0 fully saturated rings. The predicted molar refractivity (Wildman–Crippen MR) is 108 cm³/mol. The standard InChI is InChI=1S/C21H26N2O2S/c1-15(2)13-23-14-18(9-10-22)20-8-7-17(12-21(20)23)16-5-4-6-19(11-16)26(3,24)25/h4-8,11-12,14-15H,9-10,13,22H2,1-3H3. The van der Waals surface area contributed by atoms with E-state index in [2.05, 4.69) is 42.8 Å². The molecule has 0 atom stereocenters. The number of aromatic nitrogens is 1.